The summed E-state index contributed by atoms with van der Waals surface area (Å²) in [5, 5.41) is 5.87. The van der Waals surface area contributed by atoms with Gasteiger partial charge < -0.3 is 10.6 Å². The molecule has 0 radical (unpaired) electrons. The van der Waals surface area contributed by atoms with Crippen molar-refractivity contribution in [3.8, 4) is 0 Å². The topological polar surface area (TPSA) is 41.1 Å². The van der Waals surface area contributed by atoms with E-state index in [9.17, 15) is 4.79 Å². The Hall–Kier alpha value is -1.00. The number of hydrogen-bond acceptors (Lipinski definition) is 3. The van der Waals surface area contributed by atoms with Crippen molar-refractivity contribution in [2.45, 2.75) is 19.1 Å². The summed E-state index contributed by atoms with van der Waals surface area (Å²) in [6, 6.07) is 8.59. The lowest BCUT2D eigenvalue weighted by atomic mass is 10.2. The van der Waals surface area contributed by atoms with Crippen molar-refractivity contribution >= 4 is 17.7 Å². The minimum absolute atomic E-state index is 0.125. The maximum Gasteiger partial charge on any atom is 0.221 e. The molecule has 0 atom stereocenters. The molecule has 0 fully saturated rings. The number of aryl methyl sites for hydroxylation is 1. The molecule has 0 saturated carbocycles. The van der Waals surface area contributed by atoms with E-state index in [0.717, 1.165) is 24.6 Å². The largest absolute Gasteiger partial charge is 0.355 e. The summed E-state index contributed by atoms with van der Waals surface area (Å²) in [6.45, 7) is 3.58. The van der Waals surface area contributed by atoms with Gasteiger partial charge in [-0.15, -0.1) is 0 Å². The van der Waals surface area contributed by atoms with Crippen LogP contribution in [0.4, 0.5) is 0 Å². The van der Waals surface area contributed by atoms with Crippen molar-refractivity contribution < 1.29 is 4.79 Å². The standard InChI is InChI=1S/C14H22N2OS/c1-12-3-5-13(6-4-12)11-18-10-9-16-14(17)7-8-15-2/h3-6,15H,7-11H2,1-2H3,(H,16,17). The number of carbonyl (C=O) groups excluding carboxylic acids is 1. The molecule has 1 aromatic carbocycles. The molecule has 0 unspecified atom stereocenters. The number of hydrogen-bond donors (Lipinski definition) is 2. The average molecular weight is 266 g/mol. The summed E-state index contributed by atoms with van der Waals surface area (Å²) in [4.78, 5) is 11.3. The Morgan fingerprint density at radius 3 is 2.61 bits per heavy atom. The normalized spacial score (nSPS) is 10.3. The first kappa shape index (κ1) is 15.1. The third-order valence-electron chi connectivity index (χ3n) is 2.56. The van der Waals surface area contributed by atoms with Crippen molar-refractivity contribution in [1.29, 1.82) is 0 Å². The molecule has 0 bridgehead atoms. The maximum absolute atomic E-state index is 11.3. The molecule has 4 heteroatoms. The smallest absolute Gasteiger partial charge is 0.221 e. The highest BCUT2D eigenvalue weighted by atomic mass is 32.2. The quantitative estimate of drug-likeness (QED) is 0.707. The zero-order valence-electron chi connectivity index (χ0n) is 11.2. The number of amides is 1. The van der Waals surface area contributed by atoms with Crippen LogP contribution in [-0.2, 0) is 10.5 Å². The lowest BCUT2D eigenvalue weighted by molar-refractivity contribution is -0.120. The molecule has 0 aliphatic carbocycles. The molecule has 0 aromatic heterocycles. The van der Waals surface area contributed by atoms with Crippen LogP contribution in [0.3, 0.4) is 0 Å². The second-order valence-electron chi connectivity index (χ2n) is 4.24. The van der Waals surface area contributed by atoms with Gasteiger partial charge in [-0.1, -0.05) is 29.8 Å². The summed E-state index contributed by atoms with van der Waals surface area (Å²) in [6.07, 6.45) is 0.555. The Kier molecular flexibility index (Phi) is 7.53. The van der Waals surface area contributed by atoms with Gasteiger partial charge in [-0.25, -0.2) is 0 Å². The highest BCUT2D eigenvalue weighted by molar-refractivity contribution is 7.98. The van der Waals surface area contributed by atoms with Gasteiger partial charge in [0.2, 0.25) is 5.91 Å². The third-order valence-corrected chi connectivity index (χ3v) is 3.59. The van der Waals surface area contributed by atoms with E-state index in [4.69, 9.17) is 0 Å². The number of nitrogens with one attached hydrogen (secondary N) is 2. The summed E-state index contributed by atoms with van der Waals surface area (Å²) in [7, 11) is 1.85. The molecule has 2 N–H and O–H groups in total. The molecule has 1 aromatic rings. The highest BCUT2D eigenvalue weighted by Gasteiger charge is 1.99. The van der Waals surface area contributed by atoms with E-state index in [1.807, 2.05) is 18.8 Å². The predicted molar refractivity (Wildman–Crippen MR) is 78.9 cm³/mol. The summed E-state index contributed by atoms with van der Waals surface area (Å²) >= 11 is 1.85. The summed E-state index contributed by atoms with van der Waals surface area (Å²) in [5.74, 6) is 2.09. The van der Waals surface area contributed by atoms with Crippen molar-refractivity contribution in [1.82, 2.24) is 10.6 Å². The monoisotopic (exact) mass is 266 g/mol. The molecule has 0 aliphatic rings. The molecule has 0 saturated heterocycles. The second-order valence-corrected chi connectivity index (χ2v) is 5.35. The zero-order valence-corrected chi connectivity index (χ0v) is 12.0. The van der Waals surface area contributed by atoms with Crippen molar-refractivity contribution in [3.05, 3.63) is 35.4 Å². The van der Waals surface area contributed by atoms with Gasteiger partial charge in [0.15, 0.2) is 0 Å². The molecule has 0 aliphatic heterocycles. The predicted octanol–water partition coefficient (Wildman–Crippen LogP) is 1.95. The fourth-order valence-corrected chi connectivity index (χ4v) is 2.28. The fourth-order valence-electron chi connectivity index (χ4n) is 1.46. The number of thioether (sulfide) groups is 1. The fraction of sp³-hybridized carbons (Fsp3) is 0.500. The highest BCUT2D eigenvalue weighted by Crippen LogP contribution is 2.12. The first-order valence-electron chi connectivity index (χ1n) is 6.27. The van der Waals surface area contributed by atoms with Gasteiger partial charge >= 0.3 is 0 Å². The first-order valence-corrected chi connectivity index (χ1v) is 7.42. The Morgan fingerprint density at radius 2 is 1.94 bits per heavy atom. The number of benzene rings is 1. The molecule has 0 heterocycles. The minimum Gasteiger partial charge on any atom is -0.355 e. The van der Waals surface area contributed by atoms with Crippen LogP contribution >= 0.6 is 11.8 Å². The van der Waals surface area contributed by atoms with Crippen LogP contribution in [0, 0.1) is 6.92 Å². The van der Waals surface area contributed by atoms with Crippen LogP contribution in [0.2, 0.25) is 0 Å². The first-order chi connectivity index (χ1) is 8.72. The van der Waals surface area contributed by atoms with Crippen LogP contribution < -0.4 is 10.6 Å². The van der Waals surface area contributed by atoms with E-state index in [1.54, 1.807) is 0 Å². The van der Waals surface area contributed by atoms with Crippen molar-refractivity contribution in [3.63, 3.8) is 0 Å². The van der Waals surface area contributed by atoms with Crippen LogP contribution in [-0.4, -0.2) is 31.8 Å². The lowest BCUT2D eigenvalue weighted by Gasteiger charge is -2.05. The molecule has 1 rings (SSSR count). The van der Waals surface area contributed by atoms with Crippen molar-refractivity contribution in [2.24, 2.45) is 0 Å². The SMILES string of the molecule is CNCCC(=O)NCCSCc1ccc(C)cc1. The second kappa shape index (κ2) is 9.00. The Morgan fingerprint density at radius 1 is 1.22 bits per heavy atom. The lowest BCUT2D eigenvalue weighted by Crippen LogP contribution is -2.28. The molecule has 100 valence electrons. The van der Waals surface area contributed by atoms with E-state index in [2.05, 4.69) is 41.8 Å². The molecule has 18 heavy (non-hydrogen) atoms. The summed E-state index contributed by atoms with van der Waals surface area (Å²) in [5.41, 5.74) is 2.63. The number of carbonyl (C=O) groups is 1. The molecule has 0 spiro atoms. The van der Waals surface area contributed by atoms with Gasteiger partial charge in [0.1, 0.15) is 0 Å². The van der Waals surface area contributed by atoms with Crippen LogP contribution in [0.25, 0.3) is 0 Å². The number of rotatable bonds is 8. The van der Waals surface area contributed by atoms with E-state index >= 15 is 0 Å². The molecule has 1 amide bonds. The van der Waals surface area contributed by atoms with Crippen LogP contribution in [0.15, 0.2) is 24.3 Å². The summed E-state index contributed by atoms with van der Waals surface area (Å²) < 4.78 is 0. The maximum atomic E-state index is 11.3. The van der Waals surface area contributed by atoms with Gasteiger partial charge in [0.25, 0.3) is 0 Å². The Bertz CT molecular complexity index is 351. The molecular weight excluding hydrogens is 244 g/mol. The van der Waals surface area contributed by atoms with Crippen LogP contribution in [0.1, 0.15) is 17.5 Å². The van der Waals surface area contributed by atoms with Gasteiger partial charge in [-0.2, -0.15) is 11.8 Å². The van der Waals surface area contributed by atoms with E-state index in [1.165, 1.54) is 11.1 Å². The molecule has 3 nitrogen and oxygen atoms in total. The Labute approximate surface area is 114 Å². The minimum atomic E-state index is 0.125. The molecular formula is C14H22N2OS. The average Bonchev–Trinajstić information content (AvgIpc) is 2.38. The van der Waals surface area contributed by atoms with Gasteiger partial charge in [0, 0.05) is 31.0 Å². The van der Waals surface area contributed by atoms with Crippen molar-refractivity contribution in [2.75, 3.05) is 25.9 Å². The van der Waals surface area contributed by atoms with Gasteiger partial charge in [-0.05, 0) is 19.5 Å². The Balaban J connectivity index is 2.05. The third kappa shape index (κ3) is 6.67. The van der Waals surface area contributed by atoms with E-state index < -0.39 is 0 Å². The van der Waals surface area contributed by atoms with Crippen LogP contribution in [0.5, 0.6) is 0 Å². The van der Waals surface area contributed by atoms with E-state index in [0.29, 0.717) is 6.42 Å². The van der Waals surface area contributed by atoms with Gasteiger partial charge in [0.05, 0.1) is 0 Å². The zero-order chi connectivity index (χ0) is 13.2. The van der Waals surface area contributed by atoms with Gasteiger partial charge in [-0.3, -0.25) is 4.79 Å². The van der Waals surface area contributed by atoms with E-state index in [-0.39, 0.29) is 5.91 Å².